The highest BCUT2D eigenvalue weighted by molar-refractivity contribution is 5.65. The smallest absolute Gasteiger partial charge is 0.407 e. The number of carbonyl (C=O) groups is 1. The first kappa shape index (κ1) is 17.1. The van der Waals surface area contributed by atoms with E-state index in [0.29, 0.717) is 38.3 Å². The van der Waals surface area contributed by atoms with Crippen LogP contribution in [0.15, 0.2) is 48.5 Å². The molecule has 0 saturated carbocycles. The summed E-state index contributed by atoms with van der Waals surface area (Å²) in [5, 5.41) is 8.94. The lowest BCUT2D eigenvalue weighted by molar-refractivity contribution is 0.0894. The molecule has 1 N–H and O–H groups in total. The molecular weight excluding hydrogens is 325 g/mol. The normalized spacial score (nSPS) is 15.0. The number of nitrogens with zero attached hydrogens (tertiary/aromatic N) is 1. The molecule has 0 unspecified atom stereocenters. The Morgan fingerprint density at radius 2 is 1.80 bits per heavy atom. The first-order chi connectivity index (χ1) is 12.1. The fourth-order valence-corrected chi connectivity index (χ4v) is 2.77. The number of carboxylic acid groups (broad SMARTS) is 1. The van der Waals surface area contributed by atoms with Crippen molar-refractivity contribution in [2.24, 2.45) is 0 Å². The Morgan fingerprint density at radius 3 is 2.44 bits per heavy atom. The van der Waals surface area contributed by atoms with E-state index in [2.05, 4.69) is 0 Å². The van der Waals surface area contributed by atoms with E-state index in [-0.39, 0.29) is 11.9 Å². The largest absolute Gasteiger partial charge is 0.490 e. The quantitative estimate of drug-likeness (QED) is 0.892. The molecule has 6 heteroatoms. The van der Waals surface area contributed by atoms with Gasteiger partial charge in [0.2, 0.25) is 0 Å². The molecule has 2 aromatic rings. The summed E-state index contributed by atoms with van der Waals surface area (Å²) < 4.78 is 24.7. The minimum Gasteiger partial charge on any atom is -0.490 e. The zero-order valence-electron chi connectivity index (χ0n) is 13.7. The lowest BCUT2D eigenvalue weighted by Crippen LogP contribution is -2.41. The van der Waals surface area contributed by atoms with Crippen LogP contribution in [0.1, 0.15) is 18.4 Å². The minimum atomic E-state index is -0.877. The van der Waals surface area contributed by atoms with Gasteiger partial charge in [0.15, 0.2) is 0 Å². The molecule has 0 aromatic heterocycles. The number of ether oxygens (including phenoxy) is 2. The van der Waals surface area contributed by atoms with Gasteiger partial charge in [-0.1, -0.05) is 12.1 Å². The molecule has 1 saturated heterocycles. The van der Waals surface area contributed by atoms with E-state index in [4.69, 9.17) is 14.6 Å². The molecule has 0 atom stereocenters. The molecule has 1 aliphatic rings. The fraction of sp³-hybridized carbons (Fsp3) is 0.316. The number of rotatable bonds is 5. The lowest BCUT2D eigenvalue weighted by atomic mass is 10.1. The molecule has 0 bridgehead atoms. The van der Waals surface area contributed by atoms with Crippen molar-refractivity contribution in [1.29, 1.82) is 0 Å². The molecule has 1 amide bonds. The predicted molar refractivity (Wildman–Crippen MR) is 90.4 cm³/mol. The minimum absolute atomic E-state index is 0.0228. The molecule has 2 aromatic carbocycles. The predicted octanol–water partition coefficient (Wildman–Crippen LogP) is 3.93. The van der Waals surface area contributed by atoms with Gasteiger partial charge in [0.1, 0.15) is 30.0 Å². The standard InChI is InChI=1S/C19H20FNO4/c20-15-3-1-2-14(12-15)13-24-16-4-6-17(7-5-16)25-18-8-10-21(11-9-18)19(22)23/h1-7,12,18H,8-11,13H2,(H,22,23). The van der Waals surface area contributed by atoms with E-state index in [1.807, 2.05) is 18.2 Å². The summed E-state index contributed by atoms with van der Waals surface area (Å²) in [6.45, 7) is 1.29. The number of piperidine rings is 1. The van der Waals surface area contributed by atoms with Crippen LogP contribution >= 0.6 is 0 Å². The maximum absolute atomic E-state index is 13.1. The van der Waals surface area contributed by atoms with Gasteiger partial charge in [-0.15, -0.1) is 0 Å². The Morgan fingerprint density at radius 1 is 1.12 bits per heavy atom. The number of halogens is 1. The van der Waals surface area contributed by atoms with Crippen LogP contribution < -0.4 is 9.47 Å². The van der Waals surface area contributed by atoms with E-state index in [1.165, 1.54) is 17.0 Å². The van der Waals surface area contributed by atoms with Gasteiger partial charge in [-0.3, -0.25) is 0 Å². The van der Waals surface area contributed by atoms with Crippen molar-refractivity contribution in [1.82, 2.24) is 4.90 Å². The van der Waals surface area contributed by atoms with Gasteiger partial charge in [-0.05, 0) is 42.0 Å². The summed E-state index contributed by atoms with van der Waals surface area (Å²) >= 11 is 0. The second kappa shape index (κ2) is 7.88. The molecule has 0 radical (unpaired) electrons. The van der Waals surface area contributed by atoms with Crippen molar-refractivity contribution in [2.45, 2.75) is 25.6 Å². The van der Waals surface area contributed by atoms with E-state index < -0.39 is 6.09 Å². The number of hydrogen-bond donors (Lipinski definition) is 1. The number of amides is 1. The topological polar surface area (TPSA) is 59.0 Å². The molecule has 5 nitrogen and oxygen atoms in total. The van der Waals surface area contributed by atoms with Crippen LogP contribution in [0.2, 0.25) is 0 Å². The van der Waals surface area contributed by atoms with Crippen molar-refractivity contribution >= 4 is 6.09 Å². The average Bonchev–Trinajstić information content (AvgIpc) is 2.62. The van der Waals surface area contributed by atoms with Crippen molar-refractivity contribution in [3.05, 3.63) is 59.9 Å². The maximum Gasteiger partial charge on any atom is 0.407 e. The van der Waals surface area contributed by atoms with Crippen molar-refractivity contribution in [2.75, 3.05) is 13.1 Å². The van der Waals surface area contributed by atoms with Crippen LogP contribution in [0, 0.1) is 5.82 Å². The zero-order valence-corrected chi connectivity index (χ0v) is 13.7. The van der Waals surface area contributed by atoms with Crippen molar-refractivity contribution < 1.29 is 23.8 Å². The van der Waals surface area contributed by atoms with E-state index in [0.717, 1.165) is 11.3 Å². The monoisotopic (exact) mass is 345 g/mol. The summed E-state index contributed by atoms with van der Waals surface area (Å²) in [5.74, 6) is 1.13. The molecule has 25 heavy (non-hydrogen) atoms. The number of benzene rings is 2. The average molecular weight is 345 g/mol. The van der Waals surface area contributed by atoms with Crippen LogP contribution in [0.25, 0.3) is 0 Å². The number of likely N-dealkylation sites (tertiary alicyclic amines) is 1. The third-order valence-corrected chi connectivity index (χ3v) is 4.13. The third-order valence-electron chi connectivity index (χ3n) is 4.13. The highest BCUT2D eigenvalue weighted by atomic mass is 19.1. The maximum atomic E-state index is 13.1. The summed E-state index contributed by atoms with van der Waals surface area (Å²) in [6, 6.07) is 13.6. The first-order valence-corrected chi connectivity index (χ1v) is 8.22. The van der Waals surface area contributed by atoms with Crippen LogP contribution in [-0.4, -0.2) is 35.3 Å². The third kappa shape index (κ3) is 4.86. The Balaban J connectivity index is 1.48. The highest BCUT2D eigenvalue weighted by Gasteiger charge is 2.23. The van der Waals surface area contributed by atoms with Gasteiger partial charge < -0.3 is 19.5 Å². The Kier molecular flexibility index (Phi) is 5.38. The second-order valence-electron chi connectivity index (χ2n) is 5.98. The summed E-state index contributed by atoms with van der Waals surface area (Å²) in [5.41, 5.74) is 0.769. The van der Waals surface area contributed by atoms with Gasteiger partial charge in [0.05, 0.1) is 0 Å². The summed E-state index contributed by atoms with van der Waals surface area (Å²) in [4.78, 5) is 12.3. The lowest BCUT2D eigenvalue weighted by Gasteiger charge is -2.30. The molecular formula is C19H20FNO4. The fourth-order valence-electron chi connectivity index (χ4n) is 2.77. The SMILES string of the molecule is O=C(O)N1CCC(Oc2ccc(OCc3cccc(F)c3)cc2)CC1. The highest BCUT2D eigenvalue weighted by Crippen LogP contribution is 2.22. The summed E-state index contributed by atoms with van der Waals surface area (Å²) in [7, 11) is 0. The molecule has 0 aliphatic carbocycles. The second-order valence-corrected chi connectivity index (χ2v) is 5.98. The molecule has 1 aliphatic heterocycles. The van der Waals surface area contributed by atoms with Gasteiger partial charge in [0, 0.05) is 25.9 Å². The Hall–Kier alpha value is -2.76. The zero-order chi connectivity index (χ0) is 17.6. The molecule has 132 valence electrons. The Bertz CT molecular complexity index is 712. The van der Waals surface area contributed by atoms with Crippen LogP contribution in [0.3, 0.4) is 0 Å². The van der Waals surface area contributed by atoms with Gasteiger partial charge in [-0.25, -0.2) is 9.18 Å². The number of hydrogen-bond acceptors (Lipinski definition) is 3. The van der Waals surface area contributed by atoms with Crippen LogP contribution in [0.4, 0.5) is 9.18 Å². The van der Waals surface area contributed by atoms with Gasteiger partial charge >= 0.3 is 6.09 Å². The van der Waals surface area contributed by atoms with E-state index in [9.17, 15) is 9.18 Å². The van der Waals surface area contributed by atoms with E-state index in [1.54, 1.807) is 18.2 Å². The Labute approximate surface area is 145 Å². The molecule has 1 heterocycles. The van der Waals surface area contributed by atoms with Gasteiger partial charge in [-0.2, -0.15) is 0 Å². The molecule has 0 spiro atoms. The van der Waals surface area contributed by atoms with Crippen LogP contribution in [-0.2, 0) is 6.61 Å². The van der Waals surface area contributed by atoms with Gasteiger partial charge in [0.25, 0.3) is 0 Å². The summed E-state index contributed by atoms with van der Waals surface area (Å²) in [6.07, 6.45) is 0.516. The van der Waals surface area contributed by atoms with Crippen molar-refractivity contribution in [3.63, 3.8) is 0 Å². The first-order valence-electron chi connectivity index (χ1n) is 8.22. The molecule has 1 fully saturated rings. The molecule has 3 rings (SSSR count). The van der Waals surface area contributed by atoms with Crippen molar-refractivity contribution in [3.8, 4) is 11.5 Å². The van der Waals surface area contributed by atoms with Crippen LogP contribution in [0.5, 0.6) is 11.5 Å². The van der Waals surface area contributed by atoms with E-state index >= 15 is 0 Å².